The Morgan fingerprint density at radius 3 is 2.72 bits per heavy atom. The minimum atomic E-state index is -0.756. The number of rotatable bonds is 3. The smallest absolute Gasteiger partial charge is 0.304 e. The van der Waals surface area contributed by atoms with E-state index in [1.165, 1.54) is 0 Å². The Bertz CT molecular complexity index is 461. The highest BCUT2D eigenvalue weighted by atomic mass is 32.2. The third-order valence-corrected chi connectivity index (χ3v) is 4.52. The van der Waals surface area contributed by atoms with Crippen molar-refractivity contribution >= 4 is 28.6 Å². The van der Waals surface area contributed by atoms with Crippen LogP contribution in [0.15, 0.2) is 35.3 Å². The van der Waals surface area contributed by atoms with Gasteiger partial charge in [-0.2, -0.15) is 0 Å². The molecule has 1 fully saturated rings. The van der Waals surface area contributed by atoms with Crippen molar-refractivity contribution in [1.82, 2.24) is 4.90 Å². The maximum atomic E-state index is 10.8. The molecule has 1 aliphatic rings. The molecule has 2 unspecified atom stereocenters. The van der Waals surface area contributed by atoms with Crippen LogP contribution in [0.2, 0.25) is 0 Å². The van der Waals surface area contributed by atoms with Crippen LogP contribution in [-0.4, -0.2) is 39.5 Å². The van der Waals surface area contributed by atoms with Crippen molar-refractivity contribution in [3.63, 3.8) is 0 Å². The fourth-order valence-corrected chi connectivity index (χ4v) is 3.21. The Kier molecular flexibility index (Phi) is 3.91. The molecule has 1 aromatic rings. The molecule has 1 aromatic carbocycles. The average molecular weight is 264 g/mol. The highest BCUT2D eigenvalue weighted by molar-refractivity contribution is 8.14. The van der Waals surface area contributed by atoms with Crippen molar-refractivity contribution in [2.75, 3.05) is 7.05 Å². The summed E-state index contributed by atoms with van der Waals surface area (Å²) >= 11 is 1.55. The molecule has 1 saturated heterocycles. The van der Waals surface area contributed by atoms with Gasteiger partial charge in [0.25, 0.3) is 0 Å². The van der Waals surface area contributed by atoms with E-state index in [1.54, 1.807) is 11.8 Å². The van der Waals surface area contributed by atoms with E-state index in [0.717, 1.165) is 10.9 Å². The molecule has 5 heteroatoms. The van der Waals surface area contributed by atoms with Gasteiger partial charge in [0.1, 0.15) is 0 Å². The molecule has 0 spiro atoms. The Morgan fingerprint density at radius 1 is 1.44 bits per heavy atom. The van der Waals surface area contributed by atoms with Gasteiger partial charge in [-0.15, -0.1) is 0 Å². The normalized spacial score (nSPS) is 25.7. The Morgan fingerprint density at radius 2 is 2.11 bits per heavy atom. The largest absolute Gasteiger partial charge is 0.481 e. The van der Waals surface area contributed by atoms with Gasteiger partial charge < -0.3 is 10.0 Å². The van der Waals surface area contributed by atoms with Crippen LogP contribution >= 0.6 is 11.8 Å². The monoisotopic (exact) mass is 264 g/mol. The summed E-state index contributed by atoms with van der Waals surface area (Å²) in [5.41, 5.74) is 0.898. The van der Waals surface area contributed by atoms with Crippen LogP contribution in [-0.2, 0) is 4.79 Å². The molecular weight excluding hydrogens is 248 g/mol. The number of carboxylic acid groups (broad SMARTS) is 1. The number of hydrogen-bond donors (Lipinski definition) is 1. The summed E-state index contributed by atoms with van der Waals surface area (Å²) in [6.45, 7) is 2.04. The lowest BCUT2D eigenvalue weighted by Crippen LogP contribution is -2.31. The van der Waals surface area contributed by atoms with Crippen LogP contribution in [0.3, 0.4) is 0 Å². The number of hydrogen-bond acceptors (Lipinski definition) is 3. The first kappa shape index (κ1) is 13.0. The number of aliphatic carboxylic acids is 1. The van der Waals surface area contributed by atoms with E-state index in [9.17, 15) is 4.79 Å². The van der Waals surface area contributed by atoms with Crippen molar-refractivity contribution in [3.8, 4) is 0 Å². The molecule has 0 bridgehead atoms. The summed E-state index contributed by atoms with van der Waals surface area (Å²) in [6, 6.07) is 9.90. The topological polar surface area (TPSA) is 52.9 Å². The summed E-state index contributed by atoms with van der Waals surface area (Å²) in [4.78, 5) is 17.4. The molecule has 1 heterocycles. The first-order valence-electron chi connectivity index (χ1n) is 5.83. The van der Waals surface area contributed by atoms with Crippen molar-refractivity contribution in [1.29, 1.82) is 0 Å². The molecule has 18 heavy (non-hydrogen) atoms. The fourth-order valence-electron chi connectivity index (χ4n) is 1.84. The number of benzene rings is 1. The molecule has 1 aliphatic heterocycles. The zero-order chi connectivity index (χ0) is 13.1. The van der Waals surface area contributed by atoms with Gasteiger partial charge in [-0.05, 0) is 19.1 Å². The van der Waals surface area contributed by atoms with Gasteiger partial charge in [0, 0.05) is 18.3 Å². The van der Waals surface area contributed by atoms with E-state index in [1.807, 2.05) is 49.2 Å². The minimum Gasteiger partial charge on any atom is -0.481 e. The lowest BCUT2D eigenvalue weighted by atomic mass is 10.1. The van der Waals surface area contributed by atoms with Crippen LogP contribution in [0, 0.1) is 0 Å². The van der Waals surface area contributed by atoms with Gasteiger partial charge in [0.15, 0.2) is 5.17 Å². The number of amidine groups is 1. The van der Waals surface area contributed by atoms with Crippen molar-refractivity contribution in [2.24, 2.45) is 4.99 Å². The Balaban J connectivity index is 2.16. The summed E-state index contributed by atoms with van der Waals surface area (Å²) in [6.07, 6.45) is 0.171. The average Bonchev–Trinajstić information content (AvgIpc) is 2.58. The molecular formula is C13H16N2O2S. The van der Waals surface area contributed by atoms with Crippen LogP contribution in [0.5, 0.6) is 0 Å². The zero-order valence-electron chi connectivity index (χ0n) is 10.4. The Labute approximate surface area is 111 Å². The summed E-state index contributed by atoms with van der Waals surface area (Å²) in [7, 11) is 1.96. The molecule has 1 N–H and O–H groups in total. The van der Waals surface area contributed by atoms with E-state index < -0.39 is 5.97 Å². The highest BCUT2D eigenvalue weighted by Crippen LogP contribution is 2.33. The van der Waals surface area contributed by atoms with Gasteiger partial charge in [-0.3, -0.25) is 4.79 Å². The maximum Gasteiger partial charge on any atom is 0.304 e. The standard InChI is InChI=1S/C13H16N2O2S/c1-9-11(8-12(16)17)18-13(15(9)2)14-10-6-4-3-5-7-10/h3-7,9,11H,8H2,1-2H3,(H,16,17). The summed E-state index contributed by atoms with van der Waals surface area (Å²) in [5, 5.41) is 9.84. The SMILES string of the molecule is CC1C(CC(=O)O)SC(=Nc2ccccc2)N1C. The van der Waals surface area contributed by atoms with Crippen LogP contribution < -0.4 is 0 Å². The van der Waals surface area contributed by atoms with E-state index in [2.05, 4.69) is 4.99 Å². The first-order valence-corrected chi connectivity index (χ1v) is 6.71. The number of nitrogens with zero attached hydrogens (tertiary/aromatic N) is 2. The van der Waals surface area contributed by atoms with Crippen molar-refractivity contribution in [3.05, 3.63) is 30.3 Å². The number of carbonyl (C=O) groups is 1. The fraction of sp³-hybridized carbons (Fsp3) is 0.385. The van der Waals surface area contributed by atoms with Gasteiger partial charge in [0.05, 0.1) is 12.1 Å². The van der Waals surface area contributed by atoms with Crippen LogP contribution in [0.25, 0.3) is 0 Å². The molecule has 0 amide bonds. The predicted molar refractivity (Wildman–Crippen MR) is 74.4 cm³/mol. The van der Waals surface area contributed by atoms with Gasteiger partial charge in [0.2, 0.25) is 0 Å². The molecule has 0 aliphatic carbocycles. The van der Waals surface area contributed by atoms with E-state index in [-0.39, 0.29) is 17.7 Å². The number of carboxylic acids is 1. The lowest BCUT2D eigenvalue weighted by molar-refractivity contribution is -0.137. The maximum absolute atomic E-state index is 10.8. The van der Waals surface area contributed by atoms with Crippen molar-refractivity contribution in [2.45, 2.75) is 24.6 Å². The number of para-hydroxylation sites is 1. The molecule has 4 nitrogen and oxygen atoms in total. The highest BCUT2D eigenvalue weighted by Gasteiger charge is 2.35. The number of aliphatic imine (C=N–C) groups is 1. The second-order valence-corrected chi connectivity index (χ2v) is 5.54. The molecule has 2 atom stereocenters. The molecule has 2 rings (SSSR count). The zero-order valence-corrected chi connectivity index (χ0v) is 11.2. The second-order valence-electron chi connectivity index (χ2n) is 4.34. The van der Waals surface area contributed by atoms with Crippen molar-refractivity contribution < 1.29 is 9.90 Å². The minimum absolute atomic E-state index is 0.0648. The molecule has 0 radical (unpaired) electrons. The quantitative estimate of drug-likeness (QED) is 0.911. The second kappa shape index (κ2) is 5.44. The number of thioether (sulfide) groups is 1. The first-order chi connectivity index (χ1) is 8.58. The summed E-state index contributed by atoms with van der Waals surface area (Å²) < 4.78 is 0. The predicted octanol–water partition coefficient (Wildman–Crippen LogP) is 2.58. The van der Waals surface area contributed by atoms with Gasteiger partial charge in [-0.25, -0.2) is 4.99 Å². The van der Waals surface area contributed by atoms with Crippen LogP contribution in [0.4, 0.5) is 5.69 Å². The van der Waals surface area contributed by atoms with E-state index in [4.69, 9.17) is 5.11 Å². The van der Waals surface area contributed by atoms with Crippen LogP contribution in [0.1, 0.15) is 13.3 Å². The molecule has 96 valence electrons. The molecule has 0 aromatic heterocycles. The van der Waals surface area contributed by atoms with Gasteiger partial charge in [-0.1, -0.05) is 30.0 Å². The third-order valence-electron chi connectivity index (χ3n) is 3.06. The lowest BCUT2D eigenvalue weighted by Gasteiger charge is -2.19. The molecule has 0 saturated carbocycles. The van der Waals surface area contributed by atoms with Gasteiger partial charge >= 0.3 is 5.97 Å². The van der Waals surface area contributed by atoms with E-state index >= 15 is 0 Å². The Hall–Kier alpha value is -1.49. The summed E-state index contributed by atoms with van der Waals surface area (Å²) in [5.74, 6) is -0.756. The third kappa shape index (κ3) is 2.85. The van der Waals surface area contributed by atoms with E-state index in [0.29, 0.717) is 0 Å².